The Morgan fingerprint density at radius 1 is 1.14 bits per heavy atom. The molecule has 2 aliphatic rings. The van der Waals surface area contributed by atoms with Crippen LogP contribution in [0.4, 0.5) is 10.5 Å². The molecule has 5 rings (SSSR count). The Bertz CT molecular complexity index is 1240. The van der Waals surface area contributed by atoms with E-state index in [1.54, 1.807) is 30.4 Å². The van der Waals surface area contributed by atoms with Crippen LogP contribution in [0.1, 0.15) is 69.1 Å². The minimum atomic E-state index is -0.336. The molecule has 0 spiro atoms. The Hall–Kier alpha value is -3.29. The first kappa shape index (κ1) is 23.5. The fraction of sp³-hybridized carbons (Fsp3) is 0.519. The van der Waals surface area contributed by atoms with Gasteiger partial charge in [0, 0.05) is 48.6 Å². The van der Waals surface area contributed by atoms with Crippen LogP contribution in [0.25, 0.3) is 11.0 Å². The molecule has 8 heteroatoms. The van der Waals surface area contributed by atoms with Gasteiger partial charge in [0.2, 0.25) is 0 Å². The van der Waals surface area contributed by atoms with Gasteiger partial charge in [0.1, 0.15) is 11.6 Å². The zero-order chi connectivity index (χ0) is 24.5. The molecule has 3 atom stereocenters. The Balaban J connectivity index is 1.60. The van der Waals surface area contributed by atoms with Gasteiger partial charge in [-0.3, -0.25) is 19.7 Å². The lowest BCUT2D eigenvalue weighted by Crippen LogP contribution is -2.42. The average molecular weight is 476 g/mol. The van der Waals surface area contributed by atoms with Crippen LogP contribution in [-0.4, -0.2) is 44.5 Å². The van der Waals surface area contributed by atoms with Crippen molar-refractivity contribution in [2.24, 2.45) is 5.92 Å². The number of benzene rings is 1. The van der Waals surface area contributed by atoms with Gasteiger partial charge in [-0.2, -0.15) is 0 Å². The predicted molar refractivity (Wildman–Crippen MR) is 134 cm³/mol. The topological polar surface area (TPSA) is 90.2 Å². The molecule has 0 saturated heterocycles. The smallest absolute Gasteiger partial charge is 0.414 e. The number of anilines is 1. The summed E-state index contributed by atoms with van der Waals surface area (Å²) in [6.07, 6.45) is 12.0. The summed E-state index contributed by atoms with van der Waals surface area (Å²) in [7, 11) is 1.43. The number of aromatic nitrogens is 4. The molecule has 35 heavy (non-hydrogen) atoms. The molecule has 1 aliphatic carbocycles. The molecule has 3 aromatic rings. The third kappa shape index (κ3) is 4.42. The fourth-order valence-corrected chi connectivity index (χ4v) is 5.87. The number of rotatable bonds is 5. The van der Waals surface area contributed by atoms with Crippen molar-refractivity contribution in [2.75, 3.05) is 12.0 Å². The van der Waals surface area contributed by atoms with Crippen molar-refractivity contribution in [3.8, 4) is 0 Å². The van der Waals surface area contributed by atoms with E-state index in [1.165, 1.54) is 7.11 Å². The number of fused-ring (bicyclic) bond motifs is 3. The third-order valence-electron chi connectivity index (χ3n) is 7.71. The average Bonchev–Trinajstić information content (AvgIpc) is 3.26. The predicted octanol–water partition coefficient (Wildman–Crippen LogP) is 4.84. The summed E-state index contributed by atoms with van der Waals surface area (Å²) in [4.78, 5) is 40.4. The lowest BCUT2D eigenvalue weighted by atomic mass is 9.83. The van der Waals surface area contributed by atoms with Gasteiger partial charge in [0.25, 0.3) is 0 Å². The van der Waals surface area contributed by atoms with Gasteiger partial charge in [-0.25, -0.2) is 9.78 Å². The molecule has 2 aromatic heterocycles. The second kappa shape index (κ2) is 9.76. The normalized spacial score (nSPS) is 22.1. The van der Waals surface area contributed by atoms with Crippen molar-refractivity contribution >= 4 is 28.6 Å². The first-order valence-electron chi connectivity index (χ1n) is 12.6. The van der Waals surface area contributed by atoms with Crippen LogP contribution in [0.5, 0.6) is 0 Å². The molecule has 184 valence electrons. The largest absolute Gasteiger partial charge is 0.452 e. The van der Waals surface area contributed by atoms with E-state index in [9.17, 15) is 9.59 Å². The summed E-state index contributed by atoms with van der Waals surface area (Å²) in [5.41, 5.74) is 4.97. The van der Waals surface area contributed by atoms with Crippen LogP contribution in [0.15, 0.2) is 30.7 Å². The number of ketones is 1. The van der Waals surface area contributed by atoms with E-state index in [4.69, 9.17) is 9.72 Å². The maximum Gasteiger partial charge on any atom is 0.414 e. The van der Waals surface area contributed by atoms with Crippen LogP contribution < -0.4 is 4.90 Å². The van der Waals surface area contributed by atoms with Crippen LogP contribution in [-0.2, 0) is 28.8 Å². The van der Waals surface area contributed by atoms with E-state index in [-0.39, 0.29) is 29.9 Å². The van der Waals surface area contributed by atoms with Crippen LogP contribution in [0, 0.1) is 5.92 Å². The summed E-state index contributed by atoms with van der Waals surface area (Å²) >= 11 is 0. The highest BCUT2D eigenvalue weighted by atomic mass is 16.5. The zero-order valence-electron chi connectivity index (χ0n) is 20.7. The molecule has 0 N–H and O–H groups in total. The molecular weight excluding hydrogens is 442 g/mol. The molecule has 1 saturated carbocycles. The molecule has 8 nitrogen and oxygen atoms in total. The van der Waals surface area contributed by atoms with Crippen molar-refractivity contribution in [2.45, 2.75) is 77.3 Å². The number of imidazole rings is 1. The summed E-state index contributed by atoms with van der Waals surface area (Å²) in [5, 5.41) is 0. The third-order valence-corrected chi connectivity index (χ3v) is 7.71. The van der Waals surface area contributed by atoms with E-state index in [1.807, 2.05) is 6.07 Å². The van der Waals surface area contributed by atoms with Crippen molar-refractivity contribution in [1.82, 2.24) is 19.5 Å². The van der Waals surface area contributed by atoms with Gasteiger partial charge in [0.15, 0.2) is 0 Å². The van der Waals surface area contributed by atoms with Crippen molar-refractivity contribution in [1.29, 1.82) is 0 Å². The van der Waals surface area contributed by atoms with E-state index >= 15 is 0 Å². The van der Waals surface area contributed by atoms with Crippen LogP contribution >= 0.6 is 0 Å². The number of hydrogen-bond donors (Lipinski definition) is 0. The van der Waals surface area contributed by atoms with Crippen LogP contribution in [0.2, 0.25) is 0 Å². The molecule has 1 amide bonds. The van der Waals surface area contributed by atoms with E-state index < -0.39 is 0 Å². The van der Waals surface area contributed by atoms with Crippen LogP contribution in [0.3, 0.4) is 0 Å². The minimum absolute atomic E-state index is 0.0697. The molecular formula is C27H33N5O3. The minimum Gasteiger partial charge on any atom is -0.452 e. The second-order valence-corrected chi connectivity index (χ2v) is 9.88. The number of ether oxygens (including phenoxy) is 1. The van der Waals surface area contributed by atoms with Gasteiger partial charge >= 0.3 is 6.09 Å². The first-order valence-corrected chi connectivity index (χ1v) is 12.6. The maximum absolute atomic E-state index is 12.6. The van der Waals surface area contributed by atoms with Gasteiger partial charge in [-0.15, -0.1) is 0 Å². The number of amides is 1. The molecule has 0 unspecified atom stereocenters. The van der Waals surface area contributed by atoms with E-state index in [2.05, 4.69) is 27.5 Å². The Labute approximate surface area is 205 Å². The summed E-state index contributed by atoms with van der Waals surface area (Å²) < 4.78 is 7.47. The highest BCUT2D eigenvalue weighted by Gasteiger charge is 2.33. The molecule has 3 heterocycles. The molecule has 0 radical (unpaired) electrons. The number of nitrogens with zero attached hydrogens (tertiary/aromatic N) is 5. The van der Waals surface area contributed by atoms with Gasteiger partial charge < -0.3 is 9.30 Å². The Kier molecular flexibility index (Phi) is 6.54. The van der Waals surface area contributed by atoms with E-state index in [0.29, 0.717) is 0 Å². The lowest BCUT2D eigenvalue weighted by molar-refractivity contribution is -0.122. The lowest BCUT2D eigenvalue weighted by Gasteiger charge is -2.34. The van der Waals surface area contributed by atoms with Crippen molar-refractivity contribution in [3.05, 3.63) is 47.8 Å². The molecule has 1 aromatic carbocycles. The van der Waals surface area contributed by atoms with E-state index in [0.717, 1.165) is 85.2 Å². The number of Topliss-reactive ketones (excluding diaryl/α,β-unsaturated/α-hetero) is 1. The SMILES string of the molecule is COC(=O)N1c2ccc3c(nc(CCc4cnccn4)n3[C@@H]3CCC[C@@H](C(C)=O)C3)c2CC[C@@H]1C. The Morgan fingerprint density at radius 2 is 2.00 bits per heavy atom. The second-order valence-electron chi connectivity index (χ2n) is 9.88. The van der Waals surface area contributed by atoms with Gasteiger partial charge in [-0.1, -0.05) is 6.42 Å². The van der Waals surface area contributed by atoms with Crippen molar-refractivity contribution in [3.63, 3.8) is 0 Å². The number of carbonyl (C=O) groups excluding carboxylic acids is 2. The quantitative estimate of drug-likeness (QED) is 0.525. The number of methoxy groups -OCH3 is 1. The zero-order valence-corrected chi connectivity index (χ0v) is 20.7. The monoisotopic (exact) mass is 475 g/mol. The highest BCUT2D eigenvalue weighted by molar-refractivity contribution is 5.95. The van der Waals surface area contributed by atoms with Crippen molar-refractivity contribution < 1.29 is 14.3 Å². The van der Waals surface area contributed by atoms with Gasteiger partial charge in [0.05, 0.1) is 29.5 Å². The first-order chi connectivity index (χ1) is 17.0. The Morgan fingerprint density at radius 3 is 2.74 bits per heavy atom. The summed E-state index contributed by atoms with van der Waals surface area (Å²) in [6, 6.07) is 4.44. The van der Waals surface area contributed by atoms with Gasteiger partial charge in [-0.05, 0) is 64.5 Å². The summed E-state index contributed by atoms with van der Waals surface area (Å²) in [6.45, 7) is 3.77. The standard InChI is InChI=1S/C27H33N5O3/c1-17-7-9-22-23(31(17)27(34)35-3)10-11-24-26(22)30-25(12-8-20-16-28-13-14-29-20)32(24)21-6-4-5-19(15-21)18(2)33/h10-11,13-14,16-17,19,21H,4-9,12,15H2,1-3H3/t17-,19+,21+/m0/s1. The molecule has 1 aliphatic heterocycles. The highest BCUT2D eigenvalue weighted by Crippen LogP contribution is 2.40. The number of carbonyl (C=O) groups is 2. The number of hydrogen-bond acceptors (Lipinski definition) is 6. The summed E-state index contributed by atoms with van der Waals surface area (Å²) in [5.74, 6) is 1.39. The fourth-order valence-electron chi connectivity index (χ4n) is 5.87. The molecule has 1 fully saturated rings. The molecule has 0 bridgehead atoms. The maximum atomic E-state index is 12.6. The number of aryl methyl sites for hydroxylation is 3.